The molecule has 0 aliphatic carbocycles. The fourth-order valence-corrected chi connectivity index (χ4v) is 4.05. The van der Waals surface area contributed by atoms with Gasteiger partial charge in [0.25, 0.3) is 0 Å². The van der Waals surface area contributed by atoms with Crippen molar-refractivity contribution in [3.8, 4) is 10.4 Å². The highest BCUT2D eigenvalue weighted by molar-refractivity contribution is 7.22. The molecule has 0 spiro atoms. The monoisotopic (exact) mass is 342 g/mol. The number of thiophene rings is 1. The van der Waals surface area contributed by atoms with Crippen LogP contribution in [0.1, 0.15) is 0 Å². The number of pyridine rings is 2. The van der Waals surface area contributed by atoms with Crippen LogP contribution in [0.3, 0.4) is 0 Å². The molecule has 0 unspecified atom stereocenters. The lowest BCUT2D eigenvalue weighted by Crippen LogP contribution is -1.90. The Hall–Kier alpha value is -3.18. The Morgan fingerprint density at radius 3 is 2.92 bits per heavy atom. The molecule has 4 heterocycles. The molecule has 120 valence electrons. The third-order valence-corrected chi connectivity index (χ3v) is 5.40. The van der Waals surface area contributed by atoms with Crippen LogP contribution in [0, 0.1) is 0 Å². The van der Waals surface area contributed by atoms with E-state index in [0.29, 0.717) is 0 Å². The van der Waals surface area contributed by atoms with Gasteiger partial charge in [0.15, 0.2) is 0 Å². The third kappa shape index (κ3) is 2.55. The molecule has 5 heteroatoms. The Balaban J connectivity index is 1.57. The maximum atomic E-state index is 4.52. The maximum Gasteiger partial charge on any atom is 0.0837 e. The summed E-state index contributed by atoms with van der Waals surface area (Å²) in [6.45, 7) is 0. The number of H-pyrrole nitrogens is 1. The van der Waals surface area contributed by atoms with Crippen molar-refractivity contribution in [2.75, 3.05) is 5.32 Å². The second-order valence-electron chi connectivity index (χ2n) is 5.83. The van der Waals surface area contributed by atoms with E-state index in [1.807, 2.05) is 30.7 Å². The van der Waals surface area contributed by atoms with Crippen molar-refractivity contribution >= 4 is 43.8 Å². The molecule has 0 atom stereocenters. The normalized spacial score (nSPS) is 11.2. The van der Waals surface area contributed by atoms with Gasteiger partial charge in [0.05, 0.1) is 15.9 Å². The fraction of sp³-hybridized carbons (Fsp3) is 0. The minimum Gasteiger partial charge on any atom is -0.361 e. The van der Waals surface area contributed by atoms with E-state index < -0.39 is 0 Å². The molecule has 5 rings (SSSR count). The summed E-state index contributed by atoms with van der Waals surface area (Å²) < 4.78 is 1.15. The predicted molar refractivity (Wildman–Crippen MR) is 104 cm³/mol. The highest BCUT2D eigenvalue weighted by Gasteiger charge is 2.10. The van der Waals surface area contributed by atoms with E-state index in [-0.39, 0.29) is 0 Å². The number of aromatic amines is 1. The van der Waals surface area contributed by atoms with E-state index >= 15 is 0 Å². The zero-order chi connectivity index (χ0) is 16.6. The van der Waals surface area contributed by atoms with E-state index in [4.69, 9.17) is 0 Å². The number of rotatable bonds is 3. The molecule has 0 fully saturated rings. The Kier molecular flexibility index (Phi) is 3.24. The number of fused-ring (bicyclic) bond motifs is 2. The second kappa shape index (κ2) is 5.72. The zero-order valence-corrected chi connectivity index (χ0v) is 14.0. The summed E-state index contributed by atoms with van der Waals surface area (Å²) in [5.74, 6) is 0. The Bertz CT molecular complexity index is 1170. The molecular weight excluding hydrogens is 328 g/mol. The van der Waals surface area contributed by atoms with Crippen LogP contribution in [0.2, 0.25) is 0 Å². The fourth-order valence-electron chi connectivity index (χ4n) is 2.97. The molecule has 1 aromatic carbocycles. The van der Waals surface area contributed by atoms with Gasteiger partial charge in [0, 0.05) is 51.8 Å². The minimum atomic E-state index is 0.997. The molecule has 0 radical (unpaired) electrons. The molecule has 0 aliphatic heterocycles. The molecule has 0 saturated carbocycles. The molecule has 0 aliphatic rings. The van der Waals surface area contributed by atoms with Crippen LogP contribution in [0.5, 0.6) is 0 Å². The summed E-state index contributed by atoms with van der Waals surface area (Å²) in [4.78, 5) is 13.1. The summed E-state index contributed by atoms with van der Waals surface area (Å²) in [5, 5.41) is 4.73. The van der Waals surface area contributed by atoms with Crippen molar-refractivity contribution < 1.29 is 0 Å². The summed E-state index contributed by atoms with van der Waals surface area (Å²) in [7, 11) is 0. The lowest BCUT2D eigenvalue weighted by Gasteiger charge is -2.07. The Labute approximate surface area is 148 Å². The molecule has 0 amide bonds. The molecule has 0 bridgehead atoms. The number of nitrogens with one attached hydrogen (secondary N) is 2. The molecule has 2 N–H and O–H groups in total. The van der Waals surface area contributed by atoms with E-state index in [0.717, 1.165) is 32.7 Å². The van der Waals surface area contributed by atoms with E-state index in [9.17, 15) is 0 Å². The topological polar surface area (TPSA) is 53.6 Å². The lowest BCUT2D eigenvalue weighted by molar-refractivity contribution is 1.33. The van der Waals surface area contributed by atoms with Gasteiger partial charge in [0.2, 0.25) is 0 Å². The van der Waals surface area contributed by atoms with Crippen LogP contribution in [0.25, 0.3) is 31.6 Å². The van der Waals surface area contributed by atoms with Gasteiger partial charge in [-0.1, -0.05) is 6.07 Å². The smallest absolute Gasteiger partial charge is 0.0837 e. The van der Waals surface area contributed by atoms with Crippen LogP contribution in [0.15, 0.2) is 73.3 Å². The standard InChI is InChI=1S/C20H14N4S/c1-2-14(12-21-7-1)19-11-18-20(25-19)17(6-9-23-18)24-15-3-4-16-13(10-15)5-8-22-16/h1-12,22H,(H,23,24). The first-order chi connectivity index (χ1) is 12.4. The van der Waals surface area contributed by atoms with Crippen LogP contribution in [-0.2, 0) is 0 Å². The van der Waals surface area contributed by atoms with Crippen LogP contribution < -0.4 is 5.32 Å². The number of nitrogens with zero attached hydrogens (tertiary/aromatic N) is 2. The quantitative estimate of drug-likeness (QED) is 0.450. The van der Waals surface area contributed by atoms with Gasteiger partial charge in [-0.3, -0.25) is 9.97 Å². The summed E-state index contributed by atoms with van der Waals surface area (Å²) in [6.07, 6.45) is 7.48. The van der Waals surface area contributed by atoms with Crippen LogP contribution in [0.4, 0.5) is 11.4 Å². The third-order valence-electron chi connectivity index (χ3n) is 4.19. The van der Waals surface area contributed by atoms with Gasteiger partial charge < -0.3 is 10.3 Å². The second-order valence-corrected chi connectivity index (χ2v) is 6.88. The summed E-state index contributed by atoms with van der Waals surface area (Å²) in [5.41, 5.74) is 5.39. The number of benzene rings is 1. The van der Waals surface area contributed by atoms with Crippen molar-refractivity contribution in [3.05, 3.63) is 73.3 Å². The summed E-state index contributed by atoms with van der Waals surface area (Å²) >= 11 is 1.73. The van der Waals surface area contributed by atoms with Crippen molar-refractivity contribution in [2.45, 2.75) is 0 Å². The largest absolute Gasteiger partial charge is 0.361 e. The molecule has 5 aromatic rings. The molecule has 0 saturated heterocycles. The average molecular weight is 342 g/mol. The molecular formula is C20H14N4S. The average Bonchev–Trinajstić information content (AvgIpc) is 3.29. The number of hydrogen-bond donors (Lipinski definition) is 2. The first kappa shape index (κ1) is 14.2. The van der Waals surface area contributed by atoms with Crippen molar-refractivity contribution in [3.63, 3.8) is 0 Å². The van der Waals surface area contributed by atoms with Gasteiger partial charge in [-0.25, -0.2) is 0 Å². The minimum absolute atomic E-state index is 0.997. The molecule has 4 nitrogen and oxygen atoms in total. The Morgan fingerprint density at radius 1 is 1.00 bits per heavy atom. The maximum absolute atomic E-state index is 4.52. The van der Waals surface area contributed by atoms with Gasteiger partial charge >= 0.3 is 0 Å². The predicted octanol–water partition coefficient (Wildman–Crippen LogP) is 5.58. The summed E-state index contributed by atoms with van der Waals surface area (Å²) in [6, 6.07) is 16.6. The van der Waals surface area contributed by atoms with E-state index in [2.05, 4.69) is 56.7 Å². The number of anilines is 2. The van der Waals surface area contributed by atoms with Crippen LogP contribution in [-0.4, -0.2) is 15.0 Å². The first-order valence-corrected chi connectivity index (χ1v) is 8.82. The first-order valence-electron chi connectivity index (χ1n) is 8.00. The lowest BCUT2D eigenvalue weighted by atomic mass is 10.2. The SMILES string of the molecule is c1cncc(-c2cc3nccc(Nc4ccc5[nH]ccc5c4)c3s2)c1. The number of hydrogen-bond acceptors (Lipinski definition) is 4. The van der Waals surface area contributed by atoms with Gasteiger partial charge in [0.1, 0.15) is 0 Å². The zero-order valence-electron chi connectivity index (χ0n) is 13.2. The molecule has 4 aromatic heterocycles. The highest BCUT2D eigenvalue weighted by atomic mass is 32.1. The van der Waals surface area contributed by atoms with E-state index in [1.165, 1.54) is 10.3 Å². The van der Waals surface area contributed by atoms with E-state index in [1.54, 1.807) is 17.5 Å². The van der Waals surface area contributed by atoms with Gasteiger partial charge in [-0.15, -0.1) is 11.3 Å². The molecule has 25 heavy (non-hydrogen) atoms. The van der Waals surface area contributed by atoms with Crippen molar-refractivity contribution in [2.24, 2.45) is 0 Å². The van der Waals surface area contributed by atoms with Gasteiger partial charge in [-0.2, -0.15) is 0 Å². The Morgan fingerprint density at radius 2 is 2.00 bits per heavy atom. The van der Waals surface area contributed by atoms with Gasteiger partial charge in [-0.05, 0) is 42.5 Å². The van der Waals surface area contributed by atoms with Crippen molar-refractivity contribution in [1.82, 2.24) is 15.0 Å². The number of aromatic nitrogens is 3. The van der Waals surface area contributed by atoms with Crippen molar-refractivity contribution in [1.29, 1.82) is 0 Å². The highest BCUT2D eigenvalue weighted by Crippen LogP contribution is 2.37. The van der Waals surface area contributed by atoms with Crippen LogP contribution >= 0.6 is 11.3 Å².